The predicted octanol–water partition coefficient (Wildman–Crippen LogP) is 1.21. The first-order valence-electron chi connectivity index (χ1n) is 6.91. The molecule has 0 radical (unpaired) electrons. The van der Waals surface area contributed by atoms with E-state index in [-0.39, 0.29) is 0 Å². The van der Waals surface area contributed by atoms with Crippen molar-refractivity contribution in [1.29, 1.82) is 0 Å². The maximum atomic E-state index is 4.48. The van der Waals surface area contributed by atoms with Crippen molar-refractivity contribution in [1.82, 2.24) is 25.1 Å². The van der Waals surface area contributed by atoms with Gasteiger partial charge in [0.05, 0.1) is 11.6 Å². The Morgan fingerprint density at radius 3 is 2.95 bits per heavy atom. The normalized spacial score (nSPS) is 17.1. The molecule has 6 nitrogen and oxygen atoms in total. The van der Waals surface area contributed by atoms with Crippen molar-refractivity contribution in [3.63, 3.8) is 0 Å². The van der Waals surface area contributed by atoms with Crippen LogP contribution in [0.1, 0.15) is 26.3 Å². The van der Waals surface area contributed by atoms with Gasteiger partial charge in [0.1, 0.15) is 12.1 Å². The first kappa shape index (κ1) is 12.3. The maximum Gasteiger partial charge on any atom is 0.163 e. The van der Waals surface area contributed by atoms with Gasteiger partial charge in [-0.25, -0.2) is 14.6 Å². The van der Waals surface area contributed by atoms with E-state index in [9.17, 15) is 0 Å². The van der Waals surface area contributed by atoms with E-state index in [0.717, 1.165) is 49.5 Å². The molecule has 2 aromatic rings. The summed E-state index contributed by atoms with van der Waals surface area (Å²) in [4.78, 5) is 11.2. The molecule has 2 aromatic heterocycles. The highest BCUT2D eigenvalue weighted by atomic mass is 15.3. The Hall–Kier alpha value is -1.69. The zero-order chi connectivity index (χ0) is 13.2. The quantitative estimate of drug-likeness (QED) is 0.879. The Kier molecular flexibility index (Phi) is 3.33. The molecule has 0 unspecified atom stereocenters. The van der Waals surface area contributed by atoms with E-state index in [0.29, 0.717) is 6.04 Å². The third-order valence-corrected chi connectivity index (χ3v) is 3.50. The molecule has 1 aliphatic rings. The van der Waals surface area contributed by atoms with E-state index in [4.69, 9.17) is 0 Å². The molecule has 3 heterocycles. The molecule has 1 aliphatic heterocycles. The van der Waals surface area contributed by atoms with Gasteiger partial charge in [0.15, 0.2) is 5.65 Å². The van der Waals surface area contributed by atoms with Crippen molar-refractivity contribution in [2.45, 2.75) is 26.3 Å². The molecule has 0 amide bonds. The number of aromatic nitrogens is 4. The molecular formula is C13H20N6. The fourth-order valence-corrected chi connectivity index (χ4v) is 2.54. The molecule has 0 bridgehead atoms. The minimum absolute atomic E-state index is 0.311. The van der Waals surface area contributed by atoms with E-state index >= 15 is 0 Å². The van der Waals surface area contributed by atoms with Crippen LogP contribution in [0.5, 0.6) is 0 Å². The van der Waals surface area contributed by atoms with Gasteiger partial charge < -0.3 is 10.2 Å². The Morgan fingerprint density at radius 2 is 2.11 bits per heavy atom. The Balaban J connectivity index is 2.03. The molecule has 102 valence electrons. The van der Waals surface area contributed by atoms with Crippen LogP contribution in [0.25, 0.3) is 11.0 Å². The van der Waals surface area contributed by atoms with Gasteiger partial charge in [0, 0.05) is 25.7 Å². The number of hydrogen-bond donors (Lipinski definition) is 1. The summed E-state index contributed by atoms with van der Waals surface area (Å²) in [5.74, 6) is 1.01. The summed E-state index contributed by atoms with van der Waals surface area (Å²) in [5, 5.41) is 8.91. The van der Waals surface area contributed by atoms with Gasteiger partial charge in [-0.1, -0.05) is 0 Å². The number of fused-ring (bicyclic) bond motifs is 1. The smallest absolute Gasteiger partial charge is 0.163 e. The van der Waals surface area contributed by atoms with Gasteiger partial charge >= 0.3 is 0 Å². The number of nitrogens with one attached hydrogen (secondary N) is 1. The summed E-state index contributed by atoms with van der Waals surface area (Å²) in [7, 11) is 0. The largest absolute Gasteiger partial charge is 0.355 e. The lowest BCUT2D eigenvalue weighted by atomic mass is 10.3. The summed E-state index contributed by atoms with van der Waals surface area (Å²) in [5.41, 5.74) is 0.928. The van der Waals surface area contributed by atoms with Crippen LogP contribution < -0.4 is 10.2 Å². The fourth-order valence-electron chi connectivity index (χ4n) is 2.54. The van der Waals surface area contributed by atoms with Crippen LogP contribution in [0.2, 0.25) is 0 Å². The van der Waals surface area contributed by atoms with Crippen molar-refractivity contribution in [3.8, 4) is 0 Å². The molecule has 1 fully saturated rings. The highest BCUT2D eigenvalue weighted by molar-refractivity contribution is 5.86. The molecule has 1 saturated heterocycles. The van der Waals surface area contributed by atoms with Crippen molar-refractivity contribution >= 4 is 16.9 Å². The van der Waals surface area contributed by atoms with E-state index in [2.05, 4.69) is 39.1 Å². The molecule has 19 heavy (non-hydrogen) atoms. The Bertz CT molecular complexity index is 553. The average Bonchev–Trinajstić information content (AvgIpc) is 2.66. The lowest BCUT2D eigenvalue weighted by molar-refractivity contribution is 0.546. The van der Waals surface area contributed by atoms with Crippen LogP contribution in [0, 0.1) is 0 Å². The minimum Gasteiger partial charge on any atom is -0.355 e. The zero-order valence-electron chi connectivity index (χ0n) is 11.5. The second-order valence-electron chi connectivity index (χ2n) is 5.21. The lowest BCUT2D eigenvalue weighted by Crippen LogP contribution is -2.28. The fraction of sp³-hybridized carbons (Fsp3) is 0.615. The SMILES string of the molecule is CC(C)n1ncc2c(N3CCCNCC3)ncnc21. The summed E-state index contributed by atoms with van der Waals surface area (Å²) >= 11 is 0. The van der Waals surface area contributed by atoms with Gasteiger partial charge in [0.2, 0.25) is 0 Å². The molecule has 0 atom stereocenters. The van der Waals surface area contributed by atoms with Gasteiger partial charge in [0.25, 0.3) is 0 Å². The summed E-state index contributed by atoms with van der Waals surface area (Å²) < 4.78 is 1.95. The highest BCUT2D eigenvalue weighted by Gasteiger charge is 2.17. The number of anilines is 1. The standard InChI is InChI=1S/C13H20N6/c1-10(2)19-13-11(8-17-19)12(15-9-16-13)18-6-3-4-14-5-7-18/h8-10,14H,3-7H2,1-2H3. The van der Waals surface area contributed by atoms with E-state index in [1.54, 1.807) is 6.33 Å². The number of rotatable bonds is 2. The maximum absolute atomic E-state index is 4.48. The summed E-state index contributed by atoms with van der Waals surface area (Å²) in [6.07, 6.45) is 4.68. The van der Waals surface area contributed by atoms with Crippen LogP contribution in [0.4, 0.5) is 5.82 Å². The van der Waals surface area contributed by atoms with Crippen LogP contribution in [-0.4, -0.2) is 45.9 Å². The zero-order valence-corrected chi connectivity index (χ0v) is 11.5. The molecule has 0 spiro atoms. The average molecular weight is 260 g/mol. The van der Waals surface area contributed by atoms with Gasteiger partial charge in [-0.2, -0.15) is 5.10 Å². The van der Waals surface area contributed by atoms with Crippen molar-refractivity contribution in [2.24, 2.45) is 0 Å². The third kappa shape index (κ3) is 2.28. The van der Waals surface area contributed by atoms with Crippen LogP contribution >= 0.6 is 0 Å². The van der Waals surface area contributed by atoms with Crippen LogP contribution in [-0.2, 0) is 0 Å². The first-order chi connectivity index (χ1) is 9.27. The molecule has 3 rings (SSSR count). The minimum atomic E-state index is 0.311. The molecule has 6 heteroatoms. The molecular weight excluding hydrogens is 240 g/mol. The van der Waals surface area contributed by atoms with Gasteiger partial charge in [-0.3, -0.25) is 0 Å². The number of nitrogens with zero attached hydrogens (tertiary/aromatic N) is 5. The Labute approximate surface area is 112 Å². The molecule has 1 N–H and O–H groups in total. The van der Waals surface area contributed by atoms with Crippen LogP contribution in [0.15, 0.2) is 12.5 Å². The predicted molar refractivity (Wildman–Crippen MR) is 75.4 cm³/mol. The van der Waals surface area contributed by atoms with Gasteiger partial charge in [-0.15, -0.1) is 0 Å². The lowest BCUT2D eigenvalue weighted by Gasteiger charge is -2.21. The topological polar surface area (TPSA) is 58.9 Å². The molecule has 0 aliphatic carbocycles. The van der Waals surface area contributed by atoms with Crippen molar-refractivity contribution < 1.29 is 0 Å². The third-order valence-electron chi connectivity index (χ3n) is 3.50. The monoisotopic (exact) mass is 260 g/mol. The second-order valence-corrected chi connectivity index (χ2v) is 5.21. The molecule has 0 saturated carbocycles. The van der Waals surface area contributed by atoms with Crippen LogP contribution in [0.3, 0.4) is 0 Å². The Morgan fingerprint density at radius 1 is 1.21 bits per heavy atom. The van der Waals surface area contributed by atoms with E-state index < -0.39 is 0 Å². The van der Waals surface area contributed by atoms with E-state index in [1.165, 1.54) is 0 Å². The summed E-state index contributed by atoms with van der Waals surface area (Å²) in [6, 6.07) is 0.311. The van der Waals surface area contributed by atoms with Crippen molar-refractivity contribution in [3.05, 3.63) is 12.5 Å². The second kappa shape index (κ2) is 5.13. The highest BCUT2D eigenvalue weighted by Crippen LogP contribution is 2.24. The van der Waals surface area contributed by atoms with Crippen molar-refractivity contribution in [2.75, 3.05) is 31.1 Å². The van der Waals surface area contributed by atoms with Gasteiger partial charge in [-0.05, 0) is 26.8 Å². The molecule has 0 aromatic carbocycles. The summed E-state index contributed by atoms with van der Waals surface area (Å²) in [6.45, 7) is 8.33. The number of hydrogen-bond acceptors (Lipinski definition) is 5. The first-order valence-corrected chi connectivity index (χ1v) is 6.91. The van der Waals surface area contributed by atoms with E-state index in [1.807, 2.05) is 10.9 Å².